The highest BCUT2D eigenvalue weighted by Gasteiger charge is 2.18. The standard InChI is InChI=1S/C23H22N2O3S/c1-17-9-10-20(29-17)16-25(15-19-8-5-13-27-19)23(26)12-11-22-24-14-21(28-22)18-6-3-2-4-7-18/h2-10,13-14H,11-12,15-16H2,1H3. The predicted octanol–water partition coefficient (Wildman–Crippen LogP) is 5.47. The maximum atomic E-state index is 13.0. The summed E-state index contributed by atoms with van der Waals surface area (Å²) in [4.78, 5) is 21.5. The summed E-state index contributed by atoms with van der Waals surface area (Å²) in [6.45, 7) is 3.09. The predicted molar refractivity (Wildman–Crippen MR) is 112 cm³/mol. The first kappa shape index (κ1) is 19.2. The molecule has 1 aromatic carbocycles. The number of furan rings is 1. The van der Waals surface area contributed by atoms with Crippen molar-refractivity contribution < 1.29 is 13.6 Å². The molecular formula is C23H22N2O3S. The lowest BCUT2D eigenvalue weighted by Crippen LogP contribution is -2.29. The molecule has 0 aliphatic rings. The molecule has 5 nitrogen and oxygen atoms in total. The minimum absolute atomic E-state index is 0.0481. The fraction of sp³-hybridized carbons (Fsp3) is 0.217. The molecule has 3 aromatic heterocycles. The summed E-state index contributed by atoms with van der Waals surface area (Å²) in [6, 6.07) is 17.7. The molecule has 0 saturated carbocycles. The zero-order valence-electron chi connectivity index (χ0n) is 16.2. The van der Waals surface area contributed by atoms with Crippen LogP contribution in [0.4, 0.5) is 0 Å². The van der Waals surface area contributed by atoms with E-state index in [4.69, 9.17) is 8.83 Å². The number of aromatic nitrogens is 1. The molecule has 148 valence electrons. The summed E-state index contributed by atoms with van der Waals surface area (Å²) in [5.74, 6) is 2.11. The van der Waals surface area contributed by atoms with Gasteiger partial charge in [-0.25, -0.2) is 4.98 Å². The monoisotopic (exact) mass is 406 g/mol. The van der Waals surface area contributed by atoms with E-state index in [0.29, 0.717) is 31.8 Å². The molecular weight excluding hydrogens is 384 g/mol. The van der Waals surface area contributed by atoms with Gasteiger partial charge in [-0.1, -0.05) is 30.3 Å². The van der Waals surface area contributed by atoms with Crippen LogP contribution in [-0.2, 0) is 24.3 Å². The second-order valence-electron chi connectivity index (χ2n) is 6.83. The van der Waals surface area contributed by atoms with Crippen LogP contribution in [0.2, 0.25) is 0 Å². The van der Waals surface area contributed by atoms with Crippen molar-refractivity contribution in [1.82, 2.24) is 9.88 Å². The summed E-state index contributed by atoms with van der Waals surface area (Å²) in [6.07, 6.45) is 4.14. The molecule has 3 heterocycles. The van der Waals surface area contributed by atoms with Crippen LogP contribution in [0.15, 0.2) is 75.9 Å². The van der Waals surface area contributed by atoms with Gasteiger partial charge in [-0.2, -0.15) is 0 Å². The van der Waals surface area contributed by atoms with Gasteiger partial charge in [0.1, 0.15) is 5.76 Å². The van der Waals surface area contributed by atoms with Gasteiger partial charge >= 0.3 is 0 Å². The molecule has 0 bridgehead atoms. The van der Waals surface area contributed by atoms with Crippen LogP contribution >= 0.6 is 11.3 Å². The van der Waals surface area contributed by atoms with Crippen molar-refractivity contribution in [3.63, 3.8) is 0 Å². The van der Waals surface area contributed by atoms with Crippen molar-refractivity contribution >= 4 is 17.2 Å². The number of carbonyl (C=O) groups is 1. The minimum atomic E-state index is 0.0481. The molecule has 0 N–H and O–H groups in total. The molecule has 0 aliphatic carbocycles. The van der Waals surface area contributed by atoms with Gasteiger partial charge in [0.05, 0.1) is 25.5 Å². The molecule has 29 heavy (non-hydrogen) atoms. The molecule has 4 aromatic rings. The number of oxazole rings is 1. The van der Waals surface area contributed by atoms with Gasteiger partial charge in [-0.15, -0.1) is 11.3 Å². The number of benzene rings is 1. The second kappa shape index (κ2) is 8.92. The van der Waals surface area contributed by atoms with Crippen LogP contribution in [-0.4, -0.2) is 15.8 Å². The fourth-order valence-electron chi connectivity index (χ4n) is 3.11. The van der Waals surface area contributed by atoms with Crippen molar-refractivity contribution in [2.45, 2.75) is 32.9 Å². The molecule has 0 atom stereocenters. The van der Waals surface area contributed by atoms with Crippen molar-refractivity contribution in [3.8, 4) is 11.3 Å². The molecule has 6 heteroatoms. The second-order valence-corrected chi connectivity index (χ2v) is 8.20. The summed E-state index contributed by atoms with van der Waals surface area (Å²) < 4.78 is 11.3. The summed E-state index contributed by atoms with van der Waals surface area (Å²) in [5, 5.41) is 0. The van der Waals surface area contributed by atoms with E-state index in [9.17, 15) is 4.79 Å². The minimum Gasteiger partial charge on any atom is -0.467 e. The first-order chi connectivity index (χ1) is 14.2. The lowest BCUT2D eigenvalue weighted by atomic mass is 10.2. The van der Waals surface area contributed by atoms with Gasteiger partial charge in [-0.3, -0.25) is 4.79 Å². The van der Waals surface area contributed by atoms with Gasteiger partial charge in [0.2, 0.25) is 5.91 Å². The van der Waals surface area contributed by atoms with Crippen LogP contribution in [0.1, 0.15) is 27.8 Å². The van der Waals surface area contributed by atoms with Gasteiger partial charge in [-0.05, 0) is 31.2 Å². The molecule has 4 rings (SSSR count). The Hall–Kier alpha value is -3.12. The molecule has 0 unspecified atom stereocenters. The van der Waals surface area contributed by atoms with Crippen molar-refractivity contribution in [3.05, 3.63) is 88.5 Å². The fourth-order valence-corrected chi connectivity index (χ4v) is 4.02. The number of thiophene rings is 1. The van der Waals surface area contributed by atoms with Crippen LogP contribution in [0, 0.1) is 6.92 Å². The van der Waals surface area contributed by atoms with Crippen molar-refractivity contribution in [1.29, 1.82) is 0 Å². The highest BCUT2D eigenvalue weighted by molar-refractivity contribution is 7.11. The number of rotatable bonds is 8. The van der Waals surface area contributed by atoms with E-state index in [-0.39, 0.29) is 5.91 Å². The highest BCUT2D eigenvalue weighted by atomic mass is 32.1. The largest absolute Gasteiger partial charge is 0.467 e. The Bertz CT molecular complexity index is 1050. The smallest absolute Gasteiger partial charge is 0.223 e. The third-order valence-corrected chi connectivity index (χ3v) is 5.57. The topological polar surface area (TPSA) is 59.5 Å². The third kappa shape index (κ3) is 5.03. The Labute approximate surface area is 173 Å². The van der Waals surface area contributed by atoms with E-state index in [2.05, 4.69) is 24.0 Å². The Morgan fingerprint density at radius 3 is 2.66 bits per heavy atom. The lowest BCUT2D eigenvalue weighted by Gasteiger charge is -2.21. The zero-order chi connectivity index (χ0) is 20.1. The van der Waals surface area contributed by atoms with Gasteiger partial charge < -0.3 is 13.7 Å². The Balaban J connectivity index is 1.41. The van der Waals surface area contributed by atoms with Crippen LogP contribution in [0.3, 0.4) is 0 Å². The average Bonchev–Trinajstić information content (AvgIpc) is 3.49. The van der Waals surface area contributed by atoms with Crippen molar-refractivity contribution in [2.24, 2.45) is 0 Å². The van der Waals surface area contributed by atoms with E-state index in [1.807, 2.05) is 47.4 Å². The molecule has 0 aliphatic heterocycles. The van der Waals surface area contributed by atoms with Crippen molar-refractivity contribution in [2.75, 3.05) is 0 Å². The van der Waals surface area contributed by atoms with E-state index in [1.54, 1.807) is 23.8 Å². The number of aryl methyl sites for hydroxylation is 2. The Kier molecular flexibility index (Phi) is 5.91. The molecule has 0 radical (unpaired) electrons. The van der Waals surface area contributed by atoms with E-state index >= 15 is 0 Å². The zero-order valence-corrected chi connectivity index (χ0v) is 17.0. The quantitative estimate of drug-likeness (QED) is 0.389. The van der Waals surface area contributed by atoms with E-state index < -0.39 is 0 Å². The number of hydrogen-bond acceptors (Lipinski definition) is 5. The lowest BCUT2D eigenvalue weighted by molar-refractivity contribution is -0.132. The van der Waals surface area contributed by atoms with Gasteiger partial charge in [0.15, 0.2) is 11.7 Å². The summed E-state index contributed by atoms with van der Waals surface area (Å²) in [7, 11) is 0. The van der Waals surface area contributed by atoms with E-state index in [0.717, 1.165) is 22.0 Å². The number of amides is 1. The summed E-state index contributed by atoms with van der Waals surface area (Å²) in [5.41, 5.74) is 0.977. The molecule has 0 saturated heterocycles. The molecule has 1 amide bonds. The molecule has 0 fully saturated rings. The summed E-state index contributed by atoms with van der Waals surface area (Å²) >= 11 is 1.71. The van der Waals surface area contributed by atoms with Gasteiger partial charge in [0, 0.05) is 28.2 Å². The normalized spacial score (nSPS) is 10.9. The SMILES string of the molecule is Cc1ccc(CN(Cc2ccco2)C(=O)CCc2ncc(-c3ccccc3)o2)s1. The van der Waals surface area contributed by atoms with Crippen LogP contribution in [0.5, 0.6) is 0 Å². The first-order valence-corrected chi connectivity index (χ1v) is 10.3. The number of carbonyl (C=O) groups excluding carboxylic acids is 1. The van der Waals surface area contributed by atoms with Gasteiger partial charge in [0.25, 0.3) is 0 Å². The van der Waals surface area contributed by atoms with Crippen LogP contribution in [0.25, 0.3) is 11.3 Å². The molecule has 0 spiro atoms. The number of nitrogens with zero attached hydrogens (tertiary/aromatic N) is 2. The maximum Gasteiger partial charge on any atom is 0.223 e. The third-order valence-electron chi connectivity index (χ3n) is 4.59. The highest BCUT2D eigenvalue weighted by Crippen LogP contribution is 2.22. The van der Waals surface area contributed by atoms with E-state index in [1.165, 1.54) is 4.88 Å². The maximum absolute atomic E-state index is 13.0. The number of hydrogen-bond donors (Lipinski definition) is 0. The Morgan fingerprint density at radius 1 is 1.07 bits per heavy atom. The Morgan fingerprint density at radius 2 is 1.93 bits per heavy atom. The average molecular weight is 407 g/mol. The first-order valence-electron chi connectivity index (χ1n) is 9.53. The van der Waals surface area contributed by atoms with Crippen LogP contribution < -0.4 is 0 Å².